The lowest BCUT2D eigenvalue weighted by atomic mass is 10.1. The number of hydrogen-bond donors (Lipinski definition) is 2. The molecule has 5 heteroatoms. The third kappa shape index (κ3) is 3.56. The van der Waals surface area contributed by atoms with Crippen molar-refractivity contribution >= 4 is 20.8 Å². The molecule has 0 heterocycles. The molecule has 1 unspecified atom stereocenters. The number of rotatable bonds is 6. The van der Waals surface area contributed by atoms with Gasteiger partial charge < -0.3 is 5.73 Å². The van der Waals surface area contributed by atoms with Gasteiger partial charge in [0.1, 0.15) is 0 Å². The molecule has 0 aromatic heterocycles. The summed E-state index contributed by atoms with van der Waals surface area (Å²) in [6.07, 6.45) is 1.54. The topological polar surface area (TPSA) is 72.2 Å². The van der Waals surface area contributed by atoms with E-state index in [1.165, 1.54) is 0 Å². The van der Waals surface area contributed by atoms with E-state index in [0.717, 1.165) is 23.6 Å². The Labute approximate surface area is 120 Å². The first-order valence-corrected chi connectivity index (χ1v) is 8.22. The average molecular weight is 292 g/mol. The van der Waals surface area contributed by atoms with Gasteiger partial charge >= 0.3 is 0 Å². The Morgan fingerprint density at radius 2 is 1.85 bits per heavy atom. The van der Waals surface area contributed by atoms with Crippen molar-refractivity contribution in [3.63, 3.8) is 0 Å². The smallest absolute Gasteiger partial charge is 0.241 e. The van der Waals surface area contributed by atoms with E-state index in [1.807, 2.05) is 37.3 Å². The molecular formula is C15H20N2O2S. The molecule has 2 aromatic carbocycles. The number of fused-ring (bicyclic) bond motifs is 1. The minimum absolute atomic E-state index is 0.0945. The summed E-state index contributed by atoms with van der Waals surface area (Å²) in [4.78, 5) is 0.330. The van der Waals surface area contributed by atoms with E-state index in [2.05, 4.69) is 4.72 Å². The van der Waals surface area contributed by atoms with Crippen LogP contribution in [0.3, 0.4) is 0 Å². The summed E-state index contributed by atoms with van der Waals surface area (Å²) in [5.74, 6) is 0. The second-order valence-electron chi connectivity index (χ2n) is 4.99. The summed E-state index contributed by atoms with van der Waals surface area (Å²) >= 11 is 0. The second-order valence-corrected chi connectivity index (χ2v) is 6.73. The molecule has 0 radical (unpaired) electrons. The lowest BCUT2D eigenvalue weighted by Crippen LogP contribution is -2.26. The lowest BCUT2D eigenvalue weighted by Gasteiger charge is -2.10. The fourth-order valence-electron chi connectivity index (χ4n) is 2.14. The number of nitrogens with one attached hydrogen (secondary N) is 1. The highest BCUT2D eigenvalue weighted by Gasteiger charge is 2.16. The van der Waals surface area contributed by atoms with Crippen LogP contribution in [0.4, 0.5) is 0 Å². The van der Waals surface area contributed by atoms with E-state index in [1.54, 1.807) is 12.1 Å². The Balaban J connectivity index is 2.19. The lowest BCUT2D eigenvalue weighted by molar-refractivity contribution is 0.568. The number of hydrogen-bond acceptors (Lipinski definition) is 3. The van der Waals surface area contributed by atoms with Crippen LogP contribution in [-0.2, 0) is 10.0 Å². The number of nitrogens with two attached hydrogens (primary N) is 1. The first kappa shape index (κ1) is 15.0. The predicted octanol–water partition coefficient (Wildman–Crippen LogP) is 2.25. The van der Waals surface area contributed by atoms with E-state index in [0.29, 0.717) is 11.4 Å². The van der Waals surface area contributed by atoms with E-state index >= 15 is 0 Å². The molecule has 4 nitrogen and oxygen atoms in total. The quantitative estimate of drug-likeness (QED) is 0.802. The molecule has 1 atom stereocenters. The Bertz CT molecular complexity index is 676. The molecule has 2 rings (SSSR count). The predicted molar refractivity (Wildman–Crippen MR) is 82.0 cm³/mol. The van der Waals surface area contributed by atoms with Crippen molar-refractivity contribution in [1.29, 1.82) is 0 Å². The van der Waals surface area contributed by atoms with Crippen molar-refractivity contribution in [2.75, 3.05) is 6.54 Å². The van der Waals surface area contributed by atoms with Crippen molar-refractivity contribution in [1.82, 2.24) is 4.72 Å². The molecule has 3 N–H and O–H groups in total. The second kappa shape index (κ2) is 6.35. The van der Waals surface area contributed by atoms with Crippen LogP contribution in [0.1, 0.15) is 19.8 Å². The highest BCUT2D eigenvalue weighted by Crippen LogP contribution is 2.22. The SMILES string of the molecule is CC(N)CCCNS(=O)(=O)c1cccc2ccccc12. The van der Waals surface area contributed by atoms with Crippen molar-refractivity contribution in [2.45, 2.75) is 30.7 Å². The van der Waals surface area contributed by atoms with Crippen LogP contribution in [-0.4, -0.2) is 21.0 Å². The molecule has 0 bridgehead atoms. The molecular weight excluding hydrogens is 272 g/mol. The van der Waals surface area contributed by atoms with Gasteiger partial charge in [0.05, 0.1) is 4.90 Å². The summed E-state index contributed by atoms with van der Waals surface area (Å²) in [7, 11) is -3.48. The molecule has 0 aliphatic heterocycles. The maximum atomic E-state index is 12.3. The highest BCUT2D eigenvalue weighted by atomic mass is 32.2. The van der Waals surface area contributed by atoms with Crippen LogP contribution < -0.4 is 10.5 Å². The Morgan fingerprint density at radius 1 is 1.15 bits per heavy atom. The van der Waals surface area contributed by atoms with Gasteiger partial charge in [-0.05, 0) is 31.2 Å². The zero-order chi connectivity index (χ0) is 14.6. The highest BCUT2D eigenvalue weighted by molar-refractivity contribution is 7.89. The zero-order valence-electron chi connectivity index (χ0n) is 11.5. The molecule has 0 saturated carbocycles. The molecule has 0 saturated heterocycles. The fraction of sp³-hybridized carbons (Fsp3) is 0.333. The Kier molecular flexibility index (Phi) is 4.75. The summed E-state index contributed by atoms with van der Waals surface area (Å²) in [6, 6.07) is 12.9. The van der Waals surface area contributed by atoms with E-state index < -0.39 is 10.0 Å². The van der Waals surface area contributed by atoms with Gasteiger partial charge in [0, 0.05) is 18.0 Å². The first-order chi connectivity index (χ1) is 9.50. The van der Waals surface area contributed by atoms with Crippen molar-refractivity contribution in [3.8, 4) is 0 Å². The Morgan fingerprint density at radius 3 is 2.60 bits per heavy atom. The van der Waals surface area contributed by atoms with Gasteiger partial charge in [-0.2, -0.15) is 0 Å². The van der Waals surface area contributed by atoms with Gasteiger partial charge in [-0.1, -0.05) is 36.4 Å². The van der Waals surface area contributed by atoms with Crippen molar-refractivity contribution in [2.24, 2.45) is 5.73 Å². The van der Waals surface area contributed by atoms with E-state index in [4.69, 9.17) is 5.73 Å². The van der Waals surface area contributed by atoms with Gasteiger partial charge in [-0.25, -0.2) is 13.1 Å². The molecule has 0 fully saturated rings. The minimum atomic E-state index is -3.48. The molecule has 2 aromatic rings. The van der Waals surface area contributed by atoms with Crippen LogP contribution >= 0.6 is 0 Å². The van der Waals surface area contributed by atoms with Gasteiger partial charge in [-0.15, -0.1) is 0 Å². The van der Waals surface area contributed by atoms with Gasteiger partial charge in [0.2, 0.25) is 10.0 Å². The molecule has 0 aliphatic carbocycles. The normalized spacial score (nSPS) is 13.5. The van der Waals surface area contributed by atoms with Crippen LogP contribution in [0.2, 0.25) is 0 Å². The zero-order valence-corrected chi connectivity index (χ0v) is 12.4. The van der Waals surface area contributed by atoms with Crippen LogP contribution in [0.25, 0.3) is 10.8 Å². The molecule has 20 heavy (non-hydrogen) atoms. The maximum absolute atomic E-state index is 12.3. The van der Waals surface area contributed by atoms with E-state index in [9.17, 15) is 8.42 Å². The Hall–Kier alpha value is -1.43. The summed E-state index contributed by atoms with van der Waals surface area (Å²) in [5, 5.41) is 1.67. The first-order valence-electron chi connectivity index (χ1n) is 6.74. The van der Waals surface area contributed by atoms with E-state index in [-0.39, 0.29) is 6.04 Å². The van der Waals surface area contributed by atoms with Gasteiger partial charge in [-0.3, -0.25) is 0 Å². The van der Waals surface area contributed by atoms with Gasteiger partial charge in [0.25, 0.3) is 0 Å². The number of benzene rings is 2. The van der Waals surface area contributed by atoms with Gasteiger partial charge in [0.15, 0.2) is 0 Å². The third-order valence-electron chi connectivity index (χ3n) is 3.17. The van der Waals surface area contributed by atoms with Crippen LogP contribution in [0.15, 0.2) is 47.4 Å². The number of sulfonamides is 1. The summed E-state index contributed by atoms with van der Waals surface area (Å²) in [5.41, 5.74) is 5.65. The van der Waals surface area contributed by atoms with Crippen LogP contribution in [0, 0.1) is 0 Å². The summed E-state index contributed by atoms with van der Waals surface area (Å²) < 4.78 is 27.3. The molecule has 108 valence electrons. The third-order valence-corrected chi connectivity index (χ3v) is 4.69. The molecule has 0 amide bonds. The average Bonchev–Trinajstić information content (AvgIpc) is 2.43. The largest absolute Gasteiger partial charge is 0.328 e. The van der Waals surface area contributed by atoms with Crippen molar-refractivity contribution in [3.05, 3.63) is 42.5 Å². The van der Waals surface area contributed by atoms with Crippen LogP contribution in [0.5, 0.6) is 0 Å². The molecule has 0 spiro atoms. The monoisotopic (exact) mass is 292 g/mol. The minimum Gasteiger partial charge on any atom is -0.328 e. The van der Waals surface area contributed by atoms with Crippen molar-refractivity contribution < 1.29 is 8.42 Å². The standard InChI is InChI=1S/C15H20N2O2S/c1-12(16)6-5-11-17-20(18,19)15-10-4-8-13-7-2-3-9-14(13)15/h2-4,7-10,12,17H,5-6,11,16H2,1H3. The fourth-order valence-corrected chi connectivity index (χ4v) is 3.44. The summed E-state index contributed by atoms with van der Waals surface area (Å²) in [6.45, 7) is 2.33. The molecule has 0 aliphatic rings. The maximum Gasteiger partial charge on any atom is 0.241 e.